The number of nitrogens with one attached hydrogen (secondary N) is 1. The van der Waals surface area contributed by atoms with Crippen LogP contribution in [0.15, 0.2) is 59.5 Å². The Balaban J connectivity index is 1.85. The highest BCUT2D eigenvalue weighted by Gasteiger charge is 2.24. The minimum absolute atomic E-state index is 0.0976. The second kappa shape index (κ2) is 10.2. The van der Waals surface area contributed by atoms with E-state index in [2.05, 4.69) is 10.3 Å². The van der Waals surface area contributed by atoms with Crippen molar-refractivity contribution in [3.8, 4) is 11.3 Å². The predicted octanol–water partition coefficient (Wildman–Crippen LogP) is 4.27. The van der Waals surface area contributed by atoms with Crippen molar-refractivity contribution in [2.45, 2.75) is 31.7 Å². The first-order valence-corrected chi connectivity index (χ1v) is 12.5. The number of esters is 1. The summed E-state index contributed by atoms with van der Waals surface area (Å²) in [6, 6.07) is 14.6. The molecule has 1 amide bonds. The van der Waals surface area contributed by atoms with Gasteiger partial charge in [0, 0.05) is 24.2 Å². The van der Waals surface area contributed by atoms with Crippen LogP contribution in [0.3, 0.4) is 0 Å². The molecule has 2 aromatic carbocycles. The van der Waals surface area contributed by atoms with Gasteiger partial charge in [-0.3, -0.25) is 10.1 Å². The Labute approximate surface area is 197 Å². The van der Waals surface area contributed by atoms with Gasteiger partial charge in [0.15, 0.2) is 5.13 Å². The molecule has 0 aliphatic heterocycles. The van der Waals surface area contributed by atoms with Crippen molar-refractivity contribution in [2.75, 3.05) is 19.0 Å². The number of nitrogens with zero attached hydrogens (tertiary/aromatic N) is 2. The van der Waals surface area contributed by atoms with Crippen LogP contribution >= 0.6 is 11.3 Å². The zero-order valence-electron chi connectivity index (χ0n) is 18.7. The van der Waals surface area contributed by atoms with E-state index in [-0.39, 0.29) is 33.1 Å². The fourth-order valence-electron chi connectivity index (χ4n) is 2.89. The van der Waals surface area contributed by atoms with Crippen molar-refractivity contribution < 1.29 is 22.7 Å². The summed E-state index contributed by atoms with van der Waals surface area (Å²) in [6.07, 6.45) is 0. The molecule has 0 fully saturated rings. The van der Waals surface area contributed by atoms with E-state index in [1.807, 2.05) is 30.3 Å². The number of ether oxygens (including phenoxy) is 1. The molecular weight excluding hydrogens is 462 g/mol. The summed E-state index contributed by atoms with van der Waals surface area (Å²) >= 11 is 1.02. The Morgan fingerprint density at radius 1 is 1.09 bits per heavy atom. The number of thiazole rings is 1. The third-order valence-electron chi connectivity index (χ3n) is 4.88. The molecule has 0 spiro atoms. The highest BCUT2D eigenvalue weighted by atomic mass is 32.2. The van der Waals surface area contributed by atoms with E-state index in [9.17, 15) is 18.0 Å². The molecular formula is C23H25N3O5S2. The molecule has 0 bridgehead atoms. The number of aromatic nitrogens is 1. The van der Waals surface area contributed by atoms with Gasteiger partial charge < -0.3 is 4.74 Å². The molecule has 3 rings (SSSR count). The summed E-state index contributed by atoms with van der Waals surface area (Å²) in [5, 5.41) is 2.92. The highest BCUT2D eigenvalue weighted by Crippen LogP contribution is 2.32. The lowest BCUT2D eigenvalue weighted by atomic mass is 10.1. The second-order valence-electron chi connectivity index (χ2n) is 7.38. The molecule has 0 radical (unpaired) electrons. The number of carbonyl (C=O) groups excluding carboxylic acids is 2. The van der Waals surface area contributed by atoms with Crippen molar-refractivity contribution in [3.05, 3.63) is 65.0 Å². The summed E-state index contributed by atoms with van der Waals surface area (Å²) in [6.45, 7) is 5.49. The van der Waals surface area contributed by atoms with E-state index in [1.165, 1.54) is 35.6 Å². The van der Waals surface area contributed by atoms with Crippen LogP contribution in [0, 0.1) is 0 Å². The van der Waals surface area contributed by atoms with Gasteiger partial charge in [0.2, 0.25) is 10.0 Å². The Hall–Kier alpha value is -3.08. The van der Waals surface area contributed by atoms with Crippen molar-refractivity contribution in [3.63, 3.8) is 0 Å². The smallest absolute Gasteiger partial charge is 0.350 e. The second-order valence-corrected chi connectivity index (χ2v) is 10.4. The van der Waals surface area contributed by atoms with Crippen LogP contribution in [0.5, 0.6) is 0 Å². The van der Waals surface area contributed by atoms with Gasteiger partial charge in [-0.05, 0) is 45.0 Å². The van der Waals surface area contributed by atoms with Crippen LogP contribution in [-0.4, -0.2) is 49.3 Å². The SMILES string of the molecule is CCOC(=O)c1sc(NC(=O)c2ccc(S(=O)(=O)N(C)C(C)C)cc2)nc1-c1ccccc1. The fraction of sp³-hybridized carbons (Fsp3) is 0.261. The molecule has 0 unspecified atom stereocenters. The van der Waals surface area contributed by atoms with Crippen LogP contribution in [0.4, 0.5) is 5.13 Å². The molecule has 0 aliphatic carbocycles. The van der Waals surface area contributed by atoms with Gasteiger partial charge in [0.25, 0.3) is 5.91 Å². The zero-order valence-corrected chi connectivity index (χ0v) is 20.4. The topological polar surface area (TPSA) is 106 Å². The Kier molecular flexibility index (Phi) is 7.62. The van der Waals surface area contributed by atoms with E-state index >= 15 is 0 Å². The van der Waals surface area contributed by atoms with E-state index < -0.39 is 21.9 Å². The number of hydrogen-bond acceptors (Lipinski definition) is 7. The van der Waals surface area contributed by atoms with Gasteiger partial charge in [-0.1, -0.05) is 41.7 Å². The van der Waals surface area contributed by atoms with Crippen LogP contribution in [0.2, 0.25) is 0 Å². The molecule has 1 heterocycles. The number of rotatable bonds is 8. The Morgan fingerprint density at radius 2 is 1.73 bits per heavy atom. The number of amides is 1. The molecule has 1 N–H and O–H groups in total. The molecule has 0 saturated heterocycles. The predicted molar refractivity (Wildman–Crippen MR) is 128 cm³/mol. The van der Waals surface area contributed by atoms with Crippen LogP contribution in [0.1, 0.15) is 40.8 Å². The summed E-state index contributed by atoms with van der Waals surface area (Å²) < 4.78 is 31.6. The molecule has 0 saturated carbocycles. The van der Waals surface area contributed by atoms with E-state index in [1.54, 1.807) is 20.8 Å². The number of carbonyl (C=O) groups is 2. The van der Waals surface area contributed by atoms with E-state index in [0.717, 1.165) is 16.9 Å². The van der Waals surface area contributed by atoms with Crippen molar-refractivity contribution in [1.82, 2.24) is 9.29 Å². The molecule has 33 heavy (non-hydrogen) atoms. The largest absolute Gasteiger partial charge is 0.462 e. The Bertz CT molecular complexity index is 1240. The van der Waals surface area contributed by atoms with E-state index in [0.29, 0.717) is 5.69 Å². The standard InChI is InChI=1S/C23H25N3O5S2/c1-5-31-22(28)20-19(16-9-7-6-8-10-16)24-23(32-20)25-21(27)17-11-13-18(14-12-17)33(29,30)26(4)15(2)3/h6-15H,5H2,1-4H3,(H,24,25,27). The zero-order chi connectivity index (χ0) is 24.2. The molecule has 0 aliphatic rings. The molecule has 3 aromatic rings. The lowest BCUT2D eigenvalue weighted by Gasteiger charge is -2.20. The fourth-order valence-corrected chi connectivity index (χ4v) is 5.14. The maximum atomic E-state index is 12.7. The highest BCUT2D eigenvalue weighted by molar-refractivity contribution is 7.89. The molecule has 0 atom stereocenters. The maximum Gasteiger partial charge on any atom is 0.350 e. The lowest BCUT2D eigenvalue weighted by Crippen LogP contribution is -2.33. The molecule has 174 valence electrons. The molecule has 1 aromatic heterocycles. The Morgan fingerprint density at radius 3 is 2.30 bits per heavy atom. The maximum absolute atomic E-state index is 12.7. The first-order chi connectivity index (χ1) is 15.6. The van der Waals surface area contributed by atoms with Gasteiger partial charge in [-0.2, -0.15) is 4.31 Å². The summed E-state index contributed by atoms with van der Waals surface area (Å²) in [7, 11) is -2.14. The van der Waals surface area contributed by atoms with Gasteiger partial charge in [-0.15, -0.1) is 0 Å². The first kappa shape index (κ1) is 24.6. The van der Waals surface area contributed by atoms with E-state index in [4.69, 9.17) is 4.74 Å². The van der Waals surface area contributed by atoms with Gasteiger partial charge in [-0.25, -0.2) is 18.2 Å². The molecule has 8 nitrogen and oxygen atoms in total. The minimum Gasteiger partial charge on any atom is -0.462 e. The third-order valence-corrected chi connectivity index (χ3v) is 7.88. The van der Waals surface area contributed by atoms with Crippen molar-refractivity contribution >= 4 is 38.4 Å². The van der Waals surface area contributed by atoms with Crippen LogP contribution < -0.4 is 5.32 Å². The number of benzene rings is 2. The first-order valence-electron chi connectivity index (χ1n) is 10.3. The minimum atomic E-state index is -3.65. The molecule has 10 heteroatoms. The quantitative estimate of drug-likeness (QED) is 0.476. The van der Waals surface area contributed by atoms with Crippen LogP contribution in [-0.2, 0) is 14.8 Å². The van der Waals surface area contributed by atoms with Crippen molar-refractivity contribution in [2.24, 2.45) is 0 Å². The van der Waals surface area contributed by atoms with Gasteiger partial charge >= 0.3 is 5.97 Å². The third kappa shape index (κ3) is 5.47. The van der Waals surface area contributed by atoms with Gasteiger partial charge in [0.05, 0.1) is 17.2 Å². The van der Waals surface area contributed by atoms with Crippen LogP contribution in [0.25, 0.3) is 11.3 Å². The number of hydrogen-bond donors (Lipinski definition) is 1. The average molecular weight is 488 g/mol. The number of sulfonamides is 1. The number of anilines is 1. The summed E-state index contributed by atoms with van der Waals surface area (Å²) in [4.78, 5) is 30.0. The average Bonchev–Trinajstić information content (AvgIpc) is 3.23. The lowest BCUT2D eigenvalue weighted by molar-refractivity contribution is 0.0532. The van der Waals surface area contributed by atoms with Gasteiger partial charge in [0.1, 0.15) is 4.88 Å². The summed E-state index contributed by atoms with van der Waals surface area (Å²) in [5.41, 5.74) is 1.41. The monoisotopic (exact) mass is 487 g/mol. The van der Waals surface area contributed by atoms with Crippen molar-refractivity contribution in [1.29, 1.82) is 0 Å². The normalized spacial score (nSPS) is 11.6. The summed E-state index contributed by atoms with van der Waals surface area (Å²) in [5.74, 6) is -0.988.